The third kappa shape index (κ3) is 3.83. The van der Waals surface area contributed by atoms with Gasteiger partial charge in [-0.2, -0.15) is 0 Å². The van der Waals surface area contributed by atoms with Gasteiger partial charge >= 0.3 is 0 Å². The van der Waals surface area contributed by atoms with E-state index < -0.39 is 0 Å². The van der Waals surface area contributed by atoms with Crippen molar-refractivity contribution in [3.05, 3.63) is 54.1 Å². The normalized spacial score (nSPS) is 16.9. The van der Waals surface area contributed by atoms with E-state index in [1.165, 1.54) is 17.3 Å². The standard InChI is InChI=1S/C22H23N3O2S/c1-15-10-12-17(13-11-15)25-21(16-6-5-7-18(14-16)27-2)23-24-22(25)28-20-9-4-3-8-19(20)26/h5-7,10-14,20H,3-4,8-9H2,1-2H3/t20-/m1/s1. The number of ether oxygens (including phenoxy) is 1. The molecule has 0 bridgehead atoms. The van der Waals surface area contributed by atoms with Crippen LogP contribution in [0.3, 0.4) is 0 Å². The maximum atomic E-state index is 12.4. The molecule has 3 aromatic rings. The van der Waals surface area contributed by atoms with Crippen molar-refractivity contribution in [2.75, 3.05) is 7.11 Å². The molecule has 1 heterocycles. The number of rotatable bonds is 5. The molecule has 0 spiro atoms. The number of nitrogens with zero attached hydrogens (tertiary/aromatic N) is 3. The minimum atomic E-state index is -0.0414. The van der Waals surface area contributed by atoms with Gasteiger partial charge in [0.05, 0.1) is 12.4 Å². The molecule has 6 heteroatoms. The van der Waals surface area contributed by atoms with Crippen LogP contribution >= 0.6 is 11.8 Å². The summed E-state index contributed by atoms with van der Waals surface area (Å²) < 4.78 is 7.42. The first-order valence-corrected chi connectivity index (χ1v) is 10.4. The third-order valence-electron chi connectivity index (χ3n) is 5.00. The van der Waals surface area contributed by atoms with Gasteiger partial charge in [0, 0.05) is 17.7 Å². The van der Waals surface area contributed by atoms with E-state index in [0.717, 1.165) is 47.2 Å². The SMILES string of the molecule is COc1cccc(-c2nnc(S[C@@H]3CCCCC3=O)n2-c2ccc(C)cc2)c1. The number of benzene rings is 2. The van der Waals surface area contributed by atoms with Crippen molar-refractivity contribution in [2.24, 2.45) is 0 Å². The van der Waals surface area contributed by atoms with Gasteiger partial charge in [-0.05, 0) is 44.0 Å². The van der Waals surface area contributed by atoms with Crippen molar-refractivity contribution in [3.8, 4) is 22.8 Å². The van der Waals surface area contributed by atoms with Gasteiger partial charge in [0.15, 0.2) is 11.0 Å². The molecular weight excluding hydrogens is 370 g/mol. The number of methoxy groups -OCH3 is 1. The molecular formula is C22H23N3O2S. The number of ketones is 1. The lowest BCUT2D eigenvalue weighted by Crippen LogP contribution is -2.21. The molecule has 0 unspecified atom stereocenters. The van der Waals surface area contributed by atoms with Gasteiger partial charge in [-0.1, -0.05) is 48.0 Å². The van der Waals surface area contributed by atoms with E-state index in [0.29, 0.717) is 12.2 Å². The summed E-state index contributed by atoms with van der Waals surface area (Å²) >= 11 is 1.53. The van der Waals surface area contributed by atoms with Crippen LogP contribution in [-0.4, -0.2) is 32.9 Å². The number of aromatic nitrogens is 3. The predicted molar refractivity (Wildman–Crippen MR) is 111 cm³/mol. The smallest absolute Gasteiger partial charge is 0.196 e. The number of hydrogen-bond donors (Lipinski definition) is 0. The Morgan fingerprint density at radius 3 is 2.68 bits per heavy atom. The van der Waals surface area contributed by atoms with Gasteiger partial charge < -0.3 is 4.74 Å². The second-order valence-electron chi connectivity index (χ2n) is 7.03. The maximum Gasteiger partial charge on any atom is 0.196 e. The molecule has 1 aliphatic rings. The van der Waals surface area contributed by atoms with E-state index in [1.807, 2.05) is 28.8 Å². The van der Waals surface area contributed by atoms with Crippen LogP contribution < -0.4 is 4.74 Å². The molecule has 1 aromatic heterocycles. The lowest BCUT2D eigenvalue weighted by molar-refractivity contribution is -0.119. The van der Waals surface area contributed by atoms with Crippen LogP contribution in [0, 0.1) is 6.92 Å². The van der Waals surface area contributed by atoms with E-state index in [1.54, 1.807) is 7.11 Å². The lowest BCUT2D eigenvalue weighted by atomic mass is 9.99. The molecule has 1 fully saturated rings. The van der Waals surface area contributed by atoms with Crippen LogP contribution in [0.1, 0.15) is 31.2 Å². The van der Waals surface area contributed by atoms with E-state index in [-0.39, 0.29) is 5.25 Å². The highest BCUT2D eigenvalue weighted by Gasteiger charge is 2.27. The predicted octanol–water partition coefficient (Wildman–Crippen LogP) is 4.86. The Hall–Kier alpha value is -2.60. The van der Waals surface area contributed by atoms with E-state index >= 15 is 0 Å². The fourth-order valence-electron chi connectivity index (χ4n) is 3.42. The van der Waals surface area contributed by atoms with Crippen molar-refractivity contribution in [2.45, 2.75) is 43.0 Å². The molecule has 4 rings (SSSR count). The average molecular weight is 394 g/mol. The van der Waals surface area contributed by atoms with Gasteiger partial charge in [-0.3, -0.25) is 9.36 Å². The molecule has 0 N–H and O–H groups in total. The van der Waals surface area contributed by atoms with Crippen LogP contribution in [0.4, 0.5) is 0 Å². The zero-order valence-electron chi connectivity index (χ0n) is 16.1. The number of hydrogen-bond acceptors (Lipinski definition) is 5. The molecule has 0 amide bonds. The summed E-state index contributed by atoms with van der Waals surface area (Å²) in [6.07, 6.45) is 3.65. The summed E-state index contributed by atoms with van der Waals surface area (Å²) in [6.45, 7) is 2.06. The summed E-state index contributed by atoms with van der Waals surface area (Å²) in [6, 6.07) is 16.1. The Balaban J connectivity index is 1.79. The molecule has 144 valence electrons. The Kier molecular flexibility index (Phi) is 5.48. The van der Waals surface area contributed by atoms with Crippen molar-refractivity contribution >= 4 is 17.5 Å². The van der Waals surface area contributed by atoms with E-state index in [4.69, 9.17) is 4.74 Å². The van der Waals surface area contributed by atoms with Crippen molar-refractivity contribution < 1.29 is 9.53 Å². The number of Topliss-reactive ketones (excluding diaryl/α,β-unsaturated/α-hetero) is 1. The highest BCUT2D eigenvalue weighted by Crippen LogP contribution is 2.35. The van der Waals surface area contributed by atoms with Gasteiger partial charge in [0.25, 0.3) is 0 Å². The van der Waals surface area contributed by atoms with Crippen LogP contribution in [0.2, 0.25) is 0 Å². The second-order valence-corrected chi connectivity index (χ2v) is 8.20. The molecule has 28 heavy (non-hydrogen) atoms. The first-order chi connectivity index (χ1) is 13.7. The zero-order valence-corrected chi connectivity index (χ0v) is 16.9. The molecule has 1 saturated carbocycles. The Bertz CT molecular complexity index is 982. The monoisotopic (exact) mass is 393 g/mol. The van der Waals surface area contributed by atoms with Crippen LogP contribution in [0.25, 0.3) is 17.1 Å². The maximum absolute atomic E-state index is 12.4. The summed E-state index contributed by atoms with van der Waals surface area (Å²) in [4.78, 5) is 12.4. The summed E-state index contributed by atoms with van der Waals surface area (Å²) in [5.74, 6) is 1.83. The first kappa shape index (κ1) is 18.7. The molecule has 5 nitrogen and oxygen atoms in total. The minimum Gasteiger partial charge on any atom is -0.497 e. The third-order valence-corrected chi connectivity index (χ3v) is 6.26. The Labute approximate surface area is 169 Å². The largest absolute Gasteiger partial charge is 0.497 e. The highest BCUT2D eigenvalue weighted by molar-refractivity contribution is 8.00. The van der Waals surface area contributed by atoms with Crippen molar-refractivity contribution in [1.29, 1.82) is 0 Å². The van der Waals surface area contributed by atoms with Crippen molar-refractivity contribution in [3.63, 3.8) is 0 Å². The average Bonchev–Trinajstić information content (AvgIpc) is 3.14. The quantitative estimate of drug-likeness (QED) is 0.620. The Morgan fingerprint density at radius 2 is 1.93 bits per heavy atom. The van der Waals surface area contributed by atoms with E-state index in [9.17, 15) is 4.79 Å². The molecule has 2 aromatic carbocycles. The zero-order chi connectivity index (χ0) is 19.5. The van der Waals surface area contributed by atoms with Gasteiger partial charge in [0.1, 0.15) is 11.5 Å². The highest BCUT2D eigenvalue weighted by atomic mass is 32.2. The number of thioether (sulfide) groups is 1. The molecule has 0 radical (unpaired) electrons. The number of carbonyl (C=O) groups is 1. The van der Waals surface area contributed by atoms with Gasteiger partial charge in [0.2, 0.25) is 0 Å². The van der Waals surface area contributed by atoms with Crippen LogP contribution in [0.5, 0.6) is 5.75 Å². The molecule has 0 aliphatic heterocycles. The first-order valence-electron chi connectivity index (χ1n) is 9.52. The van der Waals surface area contributed by atoms with Gasteiger partial charge in [-0.25, -0.2) is 0 Å². The fraction of sp³-hybridized carbons (Fsp3) is 0.318. The minimum absolute atomic E-state index is 0.0414. The lowest BCUT2D eigenvalue weighted by Gasteiger charge is -2.20. The summed E-state index contributed by atoms with van der Waals surface area (Å²) in [7, 11) is 1.65. The summed E-state index contributed by atoms with van der Waals surface area (Å²) in [5.41, 5.74) is 3.10. The molecule has 1 atom stereocenters. The topological polar surface area (TPSA) is 57.0 Å². The van der Waals surface area contributed by atoms with E-state index in [2.05, 4.69) is 41.4 Å². The van der Waals surface area contributed by atoms with Crippen molar-refractivity contribution in [1.82, 2.24) is 14.8 Å². The fourth-order valence-corrected chi connectivity index (χ4v) is 4.60. The number of aryl methyl sites for hydroxylation is 1. The van der Waals surface area contributed by atoms with Gasteiger partial charge in [-0.15, -0.1) is 10.2 Å². The summed E-state index contributed by atoms with van der Waals surface area (Å²) in [5, 5.41) is 9.65. The van der Waals surface area contributed by atoms with Crippen LogP contribution in [0.15, 0.2) is 53.7 Å². The number of carbonyl (C=O) groups excluding carboxylic acids is 1. The Morgan fingerprint density at radius 1 is 1.11 bits per heavy atom. The molecule has 1 aliphatic carbocycles. The second kappa shape index (κ2) is 8.19. The van der Waals surface area contributed by atoms with Crippen LogP contribution in [-0.2, 0) is 4.79 Å². The molecule has 0 saturated heterocycles.